The van der Waals surface area contributed by atoms with Crippen molar-refractivity contribution in [2.75, 3.05) is 11.4 Å². The number of fused-ring (bicyclic) bond motifs is 1. The lowest BCUT2D eigenvalue weighted by molar-refractivity contribution is 0.588. The van der Waals surface area contributed by atoms with Gasteiger partial charge in [0.1, 0.15) is 10.5 Å². The van der Waals surface area contributed by atoms with Crippen molar-refractivity contribution in [1.29, 1.82) is 0 Å². The molecule has 0 aromatic carbocycles. The number of aromatic nitrogens is 3. The SMILES string of the molecule is CN(c1ncccc1F)S(=O)(=O)c1c[nH]c2ncccc12. The van der Waals surface area contributed by atoms with Gasteiger partial charge >= 0.3 is 0 Å². The summed E-state index contributed by atoms with van der Waals surface area (Å²) in [6.45, 7) is 0. The molecular formula is C13H11FN4O2S. The van der Waals surface area contributed by atoms with E-state index in [2.05, 4.69) is 15.0 Å². The number of nitrogens with one attached hydrogen (secondary N) is 1. The van der Waals surface area contributed by atoms with E-state index < -0.39 is 15.8 Å². The summed E-state index contributed by atoms with van der Waals surface area (Å²) in [5, 5.41) is 0.445. The lowest BCUT2D eigenvalue weighted by Gasteiger charge is -2.18. The number of anilines is 1. The van der Waals surface area contributed by atoms with E-state index >= 15 is 0 Å². The molecule has 0 radical (unpaired) electrons. The average molecular weight is 306 g/mol. The molecule has 6 nitrogen and oxygen atoms in total. The Morgan fingerprint density at radius 3 is 2.67 bits per heavy atom. The van der Waals surface area contributed by atoms with Gasteiger partial charge in [0, 0.05) is 31.0 Å². The van der Waals surface area contributed by atoms with Crippen LogP contribution < -0.4 is 4.31 Å². The van der Waals surface area contributed by atoms with Crippen molar-refractivity contribution >= 4 is 26.9 Å². The Hall–Kier alpha value is -2.48. The van der Waals surface area contributed by atoms with Gasteiger partial charge in [-0.3, -0.25) is 4.31 Å². The van der Waals surface area contributed by atoms with Crippen LogP contribution in [0.25, 0.3) is 11.0 Å². The molecule has 0 aliphatic carbocycles. The minimum absolute atomic E-state index is 0.0261. The highest BCUT2D eigenvalue weighted by Gasteiger charge is 2.27. The highest BCUT2D eigenvalue weighted by atomic mass is 32.2. The smallest absolute Gasteiger partial charge is 0.267 e. The number of hydrogen-bond acceptors (Lipinski definition) is 4. The van der Waals surface area contributed by atoms with Crippen molar-refractivity contribution in [1.82, 2.24) is 15.0 Å². The Morgan fingerprint density at radius 1 is 1.19 bits per heavy atom. The minimum atomic E-state index is -3.94. The highest BCUT2D eigenvalue weighted by Crippen LogP contribution is 2.27. The van der Waals surface area contributed by atoms with Crippen LogP contribution in [0.4, 0.5) is 10.2 Å². The number of rotatable bonds is 3. The van der Waals surface area contributed by atoms with Gasteiger partial charge in [0.25, 0.3) is 10.0 Å². The fourth-order valence-corrected chi connectivity index (χ4v) is 3.32. The molecule has 3 heterocycles. The number of pyridine rings is 2. The molecule has 0 saturated carbocycles. The van der Waals surface area contributed by atoms with Crippen LogP contribution in [0.1, 0.15) is 0 Å². The van der Waals surface area contributed by atoms with Gasteiger partial charge in [0.2, 0.25) is 0 Å². The zero-order valence-electron chi connectivity index (χ0n) is 11.0. The third-order valence-corrected chi connectivity index (χ3v) is 4.88. The number of sulfonamides is 1. The predicted octanol–water partition coefficient (Wildman–Crippen LogP) is 1.92. The second-order valence-corrected chi connectivity index (χ2v) is 6.27. The third kappa shape index (κ3) is 2.13. The van der Waals surface area contributed by atoms with E-state index in [1.165, 1.54) is 25.5 Å². The van der Waals surface area contributed by atoms with Crippen molar-refractivity contribution < 1.29 is 12.8 Å². The first-order valence-electron chi connectivity index (χ1n) is 6.03. The molecule has 8 heteroatoms. The molecular weight excluding hydrogens is 295 g/mol. The first-order chi connectivity index (χ1) is 10.0. The standard InChI is InChI=1S/C13H11FN4O2S/c1-18(13-10(14)5-3-7-16-13)21(19,20)11-8-17-12-9(11)4-2-6-15-12/h2-8H,1H3,(H,15,17). The van der Waals surface area contributed by atoms with E-state index in [0.29, 0.717) is 11.0 Å². The van der Waals surface area contributed by atoms with Crippen LogP contribution in [0.15, 0.2) is 47.8 Å². The Labute approximate surface area is 120 Å². The van der Waals surface area contributed by atoms with Gasteiger partial charge in [-0.25, -0.2) is 22.8 Å². The summed E-state index contributed by atoms with van der Waals surface area (Å²) in [6, 6.07) is 5.82. The average Bonchev–Trinajstić information content (AvgIpc) is 2.91. The zero-order chi connectivity index (χ0) is 15.0. The van der Waals surface area contributed by atoms with Gasteiger partial charge in [-0.1, -0.05) is 0 Å². The molecule has 0 unspecified atom stereocenters. The first kappa shape index (κ1) is 13.5. The molecule has 0 aliphatic heterocycles. The maximum Gasteiger partial charge on any atom is 0.267 e. The van der Waals surface area contributed by atoms with Crippen molar-refractivity contribution in [2.45, 2.75) is 4.90 Å². The van der Waals surface area contributed by atoms with E-state index in [4.69, 9.17) is 0 Å². The summed E-state index contributed by atoms with van der Waals surface area (Å²) >= 11 is 0. The topological polar surface area (TPSA) is 79.0 Å². The van der Waals surface area contributed by atoms with Crippen LogP contribution in [0.2, 0.25) is 0 Å². The maximum atomic E-state index is 13.7. The molecule has 1 N–H and O–H groups in total. The van der Waals surface area contributed by atoms with Crippen LogP contribution in [0, 0.1) is 5.82 Å². The summed E-state index contributed by atoms with van der Waals surface area (Å²) in [5.74, 6) is -0.961. The van der Waals surface area contributed by atoms with Crippen molar-refractivity contribution in [3.63, 3.8) is 0 Å². The lowest BCUT2D eigenvalue weighted by Crippen LogP contribution is -2.28. The minimum Gasteiger partial charge on any atom is -0.345 e. The summed E-state index contributed by atoms with van der Waals surface area (Å²) < 4.78 is 39.8. The Bertz CT molecular complexity index is 907. The van der Waals surface area contributed by atoms with E-state index in [0.717, 1.165) is 10.4 Å². The monoisotopic (exact) mass is 306 g/mol. The molecule has 108 valence electrons. The number of nitrogens with zero attached hydrogens (tertiary/aromatic N) is 3. The van der Waals surface area contributed by atoms with Crippen LogP contribution in [-0.2, 0) is 10.0 Å². The summed E-state index contributed by atoms with van der Waals surface area (Å²) in [7, 11) is -2.68. The lowest BCUT2D eigenvalue weighted by atomic mass is 10.3. The Balaban J connectivity index is 2.15. The second kappa shape index (κ2) is 4.81. The van der Waals surface area contributed by atoms with Gasteiger partial charge in [0.05, 0.1) is 0 Å². The molecule has 0 amide bonds. The molecule has 21 heavy (non-hydrogen) atoms. The second-order valence-electron chi connectivity index (χ2n) is 4.33. The molecule has 0 aliphatic rings. The highest BCUT2D eigenvalue weighted by molar-refractivity contribution is 7.93. The largest absolute Gasteiger partial charge is 0.345 e. The van der Waals surface area contributed by atoms with Crippen molar-refractivity contribution in [2.24, 2.45) is 0 Å². The molecule has 0 spiro atoms. The summed E-state index contributed by atoms with van der Waals surface area (Å²) in [4.78, 5) is 10.6. The van der Waals surface area contributed by atoms with E-state index in [1.807, 2.05) is 0 Å². The van der Waals surface area contributed by atoms with Crippen LogP contribution >= 0.6 is 0 Å². The fourth-order valence-electron chi connectivity index (χ4n) is 2.01. The maximum absolute atomic E-state index is 13.7. The van der Waals surface area contributed by atoms with E-state index in [-0.39, 0.29) is 10.7 Å². The van der Waals surface area contributed by atoms with Gasteiger partial charge < -0.3 is 4.98 Å². The molecule has 3 aromatic rings. The quantitative estimate of drug-likeness (QED) is 0.802. The molecule has 0 atom stereocenters. The van der Waals surface area contributed by atoms with Crippen molar-refractivity contribution in [3.05, 3.63) is 48.7 Å². The third-order valence-electron chi connectivity index (χ3n) is 3.09. The molecule has 3 rings (SSSR count). The predicted molar refractivity (Wildman–Crippen MR) is 75.9 cm³/mol. The number of H-pyrrole nitrogens is 1. The van der Waals surface area contributed by atoms with Gasteiger partial charge in [0.15, 0.2) is 11.6 Å². The summed E-state index contributed by atoms with van der Waals surface area (Å²) in [5.41, 5.74) is 0.450. The van der Waals surface area contributed by atoms with Crippen LogP contribution in [-0.4, -0.2) is 30.4 Å². The number of aromatic amines is 1. The van der Waals surface area contributed by atoms with Crippen molar-refractivity contribution in [3.8, 4) is 0 Å². The Kier molecular flexibility index (Phi) is 3.09. The van der Waals surface area contributed by atoms with Gasteiger partial charge in [-0.2, -0.15) is 0 Å². The summed E-state index contributed by atoms with van der Waals surface area (Å²) in [6.07, 6.45) is 4.23. The van der Waals surface area contributed by atoms with Gasteiger partial charge in [-0.05, 0) is 24.3 Å². The molecule has 3 aromatic heterocycles. The number of halogens is 1. The van der Waals surface area contributed by atoms with Crippen LogP contribution in [0.5, 0.6) is 0 Å². The molecule has 0 saturated heterocycles. The normalized spacial score (nSPS) is 11.7. The Morgan fingerprint density at radius 2 is 1.90 bits per heavy atom. The first-order valence-corrected chi connectivity index (χ1v) is 7.47. The van der Waals surface area contributed by atoms with E-state index in [9.17, 15) is 12.8 Å². The zero-order valence-corrected chi connectivity index (χ0v) is 11.8. The van der Waals surface area contributed by atoms with Crippen LogP contribution in [0.3, 0.4) is 0 Å². The molecule has 0 fully saturated rings. The molecule has 0 bridgehead atoms. The fraction of sp³-hybridized carbons (Fsp3) is 0.0769. The number of hydrogen-bond donors (Lipinski definition) is 1. The van der Waals surface area contributed by atoms with Gasteiger partial charge in [-0.15, -0.1) is 0 Å². The van der Waals surface area contributed by atoms with E-state index in [1.54, 1.807) is 18.3 Å².